The quantitative estimate of drug-likeness (QED) is 0.197. The van der Waals surface area contributed by atoms with Crippen LogP contribution in [0.25, 0.3) is 0 Å². The average Bonchev–Trinajstić information content (AvgIpc) is 3.75. The summed E-state index contributed by atoms with van der Waals surface area (Å²) in [5.74, 6) is -6.21. The van der Waals surface area contributed by atoms with E-state index in [9.17, 15) is 24.9 Å². The number of allylic oxidation sites excluding steroid dienone is 1. The van der Waals surface area contributed by atoms with Gasteiger partial charge in [0.1, 0.15) is 12.2 Å². The van der Waals surface area contributed by atoms with Gasteiger partial charge in [0.05, 0.1) is 42.7 Å². The van der Waals surface area contributed by atoms with Gasteiger partial charge in [0.2, 0.25) is 0 Å². The van der Waals surface area contributed by atoms with Gasteiger partial charge in [-0.05, 0) is 71.6 Å². The maximum Gasteiger partial charge on any atom is 1.00 e. The monoisotopic (exact) mass is 802 g/mol. The van der Waals surface area contributed by atoms with Crippen LogP contribution in [0.1, 0.15) is 126 Å². The Hall–Kier alpha value is -0.655. The number of esters is 2. The van der Waals surface area contributed by atoms with Crippen molar-refractivity contribution in [2.45, 2.75) is 205 Å². The second-order valence-electron chi connectivity index (χ2n) is 18.7. The number of aliphatic hydroxyl groups excluding tert-OH is 3. The first kappa shape index (κ1) is 44.9. The van der Waals surface area contributed by atoms with Crippen LogP contribution in [-0.4, -0.2) is 113 Å². The summed E-state index contributed by atoms with van der Waals surface area (Å²) in [6, 6.07) is 0. The van der Waals surface area contributed by atoms with Crippen LogP contribution in [0, 0.1) is 22.7 Å². The SMILES string of the molecule is C[C@@H]1CC[C@@H]2O[C@]13O[B-]14O[C@H]3C(=O)O[C@H]([C@@H](C)O)C/C=C\CC[C@H](O)C(C)(C)[C@@H]3CC[C@@H](C)[C@](O3)(O1)[C@@H](O4)C(=O)O[C@H]1C[C@@H](CCC[C@@H](O)C2(C)C)O[C@@H]1C.[Na+]. The first-order chi connectivity index (χ1) is 25.8. The van der Waals surface area contributed by atoms with E-state index in [0.717, 1.165) is 0 Å². The van der Waals surface area contributed by atoms with Gasteiger partial charge in [-0.15, -0.1) is 0 Å². The Kier molecular flexibility index (Phi) is 13.4. The van der Waals surface area contributed by atoms with Crippen molar-refractivity contribution in [3.63, 3.8) is 0 Å². The van der Waals surface area contributed by atoms with Crippen LogP contribution in [0.5, 0.6) is 0 Å². The van der Waals surface area contributed by atoms with E-state index in [-0.39, 0.29) is 42.1 Å². The first-order valence-electron chi connectivity index (χ1n) is 20.8. The Labute approximate surface area is 353 Å². The number of fused-ring (bicyclic) bond motifs is 6. The number of carbonyl (C=O) groups is 2. The van der Waals surface area contributed by atoms with Crippen molar-refractivity contribution in [3.05, 3.63) is 12.2 Å². The van der Waals surface area contributed by atoms with Crippen LogP contribution < -0.4 is 29.6 Å². The summed E-state index contributed by atoms with van der Waals surface area (Å²) in [6.45, 7) is 11.5. The van der Waals surface area contributed by atoms with E-state index in [2.05, 4.69) is 0 Å². The zero-order chi connectivity index (χ0) is 39.7. The molecule has 0 radical (unpaired) electrons. The van der Waals surface area contributed by atoms with Crippen LogP contribution in [0.4, 0.5) is 0 Å². The van der Waals surface area contributed by atoms with E-state index in [4.69, 9.17) is 42.3 Å². The predicted octanol–water partition coefficient (Wildman–Crippen LogP) is 1.36. The summed E-state index contributed by atoms with van der Waals surface area (Å²) in [5.41, 5.74) is -1.59. The van der Waals surface area contributed by atoms with E-state index in [1.807, 2.05) is 60.6 Å². The number of aliphatic hydroxyl groups is 3. The average molecular weight is 803 g/mol. The van der Waals surface area contributed by atoms with E-state index in [1.165, 1.54) is 0 Å². The van der Waals surface area contributed by atoms with E-state index in [0.29, 0.717) is 64.2 Å². The van der Waals surface area contributed by atoms with Gasteiger partial charge in [-0.2, -0.15) is 0 Å². The summed E-state index contributed by atoms with van der Waals surface area (Å²) in [6.07, 6.45) is 0.333. The minimum atomic E-state index is -3.46. The molecule has 7 heterocycles. The number of carbonyl (C=O) groups excluding carboxylic acids is 2. The molecule has 7 aliphatic rings. The normalized spacial score (nSPS) is 49.2. The first-order valence-corrected chi connectivity index (χ1v) is 20.8. The van der Waals surface area contributed by atoms with Crippen LogP contribution >= 0.6 is 0 Å². The molecule has 0 aromatic carbocycles. The molecule has 16 atom stereocenters. The molecule has 6 saturated heterocycles. The van der Waals surface area contributed by atoms with Crippen LogP contribution in [0.3, 0.4) is 0 Å². The van der Waals surface area contributed by atoms with Gasteiger partial charge >= 0.3 is 48.5 Å². The fourth-order valence-electron chi connectivity index (χ4n) is 9.99. The minimum absolute atomic E-state index is 0. The van der Waals surface area contributed by atoms with Gasteiger partial charge < -0.3 is 57.6 Å². The van der Waals surface area contributed by atoms with Crippen molar-refractivity contribution in [2.75, 3.05) is 0 Å². The van der Waals surface area contributed by atoms with Crippen LogP contribution in [0.2, 0.25) is 0 Å². The van der Waals surface area contributed by atoms with Crippen molar-refractivity contribution in [1.82, 2.24) is 0 Å². The topological polar surface area (TPSA) is 178 Å². The van der Waals surface area contributed by atoms with Gasteiger partial charge in [-0.3, -0.25) is 0 Å². The molecule has 0 aliphatic carbocycles. The molecule has 0 amide bonds. The molecule has 9 bridgehead atoms. The molecule has 0 saturated carbocycles. The standard InChI is InChI=1S/C40H64BO14.Na/c1-22-18-20-32-38(7,8)30(44)16-12-13-26-21-28(25(4)47-26)49-36(46)34-40-23(2)17-19-31(50-40)37(5,6)29(43)15-11-9-10-14-27(24(3)42)48-35(45)33-39(22,51-32)54-41(52-33,53-34)55-40;/h9-10,22-34,42-44H,11-21H2,1-8H3;/q-1;+1/b10-9-;/t22-,23-,24-,25-,26-,27+,28+,29+,30-,31+,32+,33+,34+,39+,40+,41?;/m1./s1. The molecule has 3 N–H and O–H groups in total. The van der Waals surface area contributed by atoms with E-state index >= 15 is 0 Å². The van der Waals surface area contributed by atoms with Crippen molar-refractivity contribution in [2.24, 2.45) is 22.7 Å². The third-order valence-electron chi connectivity index (χ3n) is 14.2. The smallest absolute Gasteiger partial charge is 0.504 e. The third-order valence-corrected chi connectivity index (χ3v) is 14.2. The summed E-state index contributed by atoms with van der Waals surface area (Å²) < 4.78 is 59.4. The summed E-state index contributed by atoms with van der Waals surface area (Å²) >= 11 is 0. The number of rotatable bonds is 1. The molecule has 312 valence electrons. The number of ether oxygens (including phenoxy) is 5. The maximum atomic E-state index is 14.6. The van der Waals surface area contributed by atoms with E-state index < -0.39 is 114 Å². The van der Waals surface area contributed by atoms with Gasteiger partial charge in [-0.25, -0.2) is 9.59 Å². The van der Waals surface area contributed by atoms with E-state index in [1.54, 1.807) is 6.92 Å². The summed E-state index contributed by atoms with van der Waals surface area (Å²) in [7, 11) is 0. The van der Waals surface area contributed by atoms with Crippen LogP contribution in [0.15, 0.2) is 12.2 Å². The number of hydrogen-bond acceptors (Lipinski definition) is 14. The minimum Gasteiger partial charge on any atom is -0.504 e. The number of hydrogen-bond donors (Lipinski definition) is 3. The van der Waals surface area contributed by atoms with Gasteiger partial charge in [-0.1, -0.05) is 53.7 Å². The zero-order valence-electron chi connectivity index (χ0n) is 34.8. The van der Waals surface area contributed by atoms with Crippen LogP contribution in [-0.2, 0) is 51.9 Å². The van der Waals surface area contributed by atoms with Crippen molar-refractivity contribution in [3.8, 4) is 0 Å². The number of cyclic esters (lactones) is 1. The van der Waals surface area contributed by atoms with Crippen molar-refractivity contribution < 1.29 is 96.8 Å². The molecule has 1 unspecified atom stereocenters. The Morgan fingerprint density at radius 3 is 1.84 bits per heavy atom. The molecule has 16 heteroatoms. The Balaban J connectivity index is 0.00000532. The molecular formula is C40H64BNaO14. The largest absolute Gasteiger partial charge is 1.00 e. The molecule has 14 nitrogen and oxygen atoms in total. The molecule has 0 aromatic rings. The second kappa shape index (κ2) is 16.7. The molecule has 0 aromatic heterocycles. The fraction of sp³-hybridized carbons (Fsp3) is 0.900. The fourth-order valence-corrected chi connectivity index (χ4v) is 9.99. The third kappa shape index (κ3) is 7.98. The van der Waals surface area contributed by atoms with Crippen molar-refractivity contribution >= 4 is 18.9 Å². The molecular weight excluding hydrogens is 738 g/mol. The predicted molar refractivity (Wildman–Crippen MR) is 196 cm³/mol. The van der Waals surface area contributed by atoms with Gasteiger partial charge in [0, 0.05) is 35.5 Å². The molecule has 3 spiro atoms. The Morgan fingerprint density at radius 2 is 1.29 bits per heavy atom. The molecule has 7 aliphatic heterocycles. The maximum absolute atomic E-state index is 14.6. The molecule has 6 fully saturated rings. The molecule has 56 heavy (non-hydrogen) atoms. The second-order valence-corrected chi connectivity index (χ2v) is 18.7. The molecule has 7 rings (SSSR count). The summed E-state index contributed by atoms with van der Waals surface area (Å²) in [4.78, 5) is 29.2. The Morgan fingerprint density at radius 1 is 0.750 bits per heavy atom. The summed E-state index contributed by atoms with van der Waals surface area (Å²) in [5, 5.41) is 34.1. The van der Waals surface area contributed by atoms with Gasteiger partial charge in [0.15, 0.2) is 23.8 Å². The Bertz CT molecular complexity index is 1460. The zero-order valence-corrected chi connectivity index (χ0v) is 36.8. The van der Waals surface area contributed by atoms with Gasteiger partial charge in [0.25, 0.3) is 0 Å². The van der Waals surface area contributed by atoms with Crippen molar-refractivity contribution in [1.29, 1.82) is 0 Å².